The van der Waals surface area contributed by atoms with Crippen LogP contribution in [0.25, 0.3) is 0 Å². The van der Waals surface area contributed by atoms with E-state index < -0.39 is 0 Å². The highest BCUT2D eigenvalue weighted by Gasteiger charge is 2.32. The molecule has 2 aliphatic heterocycles. The molecule has 0 spiro atoms. The first-order valence-corrected chi connectivity index (χ1v) is 6.73. The fraction of sp³-hybridized carbons (Fsp3) is 0.429. The van der Waals surface area contributed by atoms with Crippen LogP contribution in [0.15, 0.2) is 18.2 Å². The molecule has 2 amide bonds. The molecule has 0 aromatic heterocycles. The zero-order chi connectivity index (χ0) is 14.1. The van der Waals surface area contributed by atoms with Gasteiger partial charge in [0.1, 0.15) is 6.10 Å². The van der Waals surface area contributed by atoms with Crippen LogP contribution in [-0.4, -0.2) is 37.7 Å². The third kappa shape index (κ3) is 2.41. The Balaban J connectivity index is 1.71. The lowest BCUT2D eigenvalue weighted by Crippen LogP contribution is -2.33. The van der Waals surface area contributed by atoms with Crippen LogP contribution in [-0.2, 0) is 16.0 Å². The average molecular weight is 275 g/mol. The zero-order valence-corrected chi connectivity index (χ0v) is 11.3. The van der Waals surface area contributed by atoms with Gasteiger partial charge in [0.25, 0.3) is 0 Å². The quantitative estimate of drug-likeness (QED) is 0.867. The minimum atomic E-state index is -0.363. The predicted molar refractivity (Wildman–Crippen MR) is 74.9 cm³/mol. The van der Waals surface area contributed by atoms with Crippen molar-refractivity contribution in [3.63, 3.8) is 0 Å². The fourth-order valence-corrected chi connectivity index (χ4v) is 2.54. The van der Waals surface area contributed by atoms with E-state index in [4.69, 9.17) is 4.74 Å². The van der Waals surface area contributed by atoms with Crippen molar-refractivity contribution in [2.45, 2.75) is 19.4 Å². The van der Waals surface area contributed by atoms with E-state index in [1.807, 2.05) is 18.2 Å². The summed E-state index contributed by atoms with van der Waals surface area (Å²) < 4.78 is 5.25. The molecule has 1 saturated heterocycles. The second-order valence-electron chi connectivity index (χ2n) is 5.07. The lowest BCUT2D eigenvalue weighted by atomic mass is 10.1. The SMILES string of the molecule is CC(=O)NC[C@@H]1CN(c2ccc3c(c2)NCC3)C(=O)O1. The van der Waals surface area contributed by atoms with Crippen LogP contribution in [0.4, 0.5) is 16.2 Å². The van der Waals surface area contributed by atoms with Gasteiger partial charge in [-0.1, -0.05) is 6.07 Å². The number of anilines is 2. The molecule has 1 fully saturated rings. The van der Waals surface area contributed by atoms with E-state index in [0.29, 0.717) is 13.1 Å². The number of hydrogen-bond donors (Lipinski definition) is 2. The van der Waals surface area contributed by atoms with Crippen molar-refractivity contribution >= 4 is 23.4 Å². The smallest absolute Gasteiger partial charge is 0.414 e. The van der Waals surface area contributed by atoms with Crippen LogP contribution < -0.4 is 15.5 Å². The van der Waals surface area contributed by atoms with Crippen LogP contribution in [0.3, 0.4) is 0 Å². The number of fused-ring (bicyclic) bond motifs is 1. The lowest BCUT2D eigenvalue weighted by molar-refractivity contribution is -0.119. The van der Waals surface area contributed by atoms with E-state index in [-0.39, 0.29) is 18.1 Å². The van der Waals surface area contributed by atoms with Crippen LogP contribution in [0, 0.1) is 0 Å². The molecule has 2 N–H and O–H groups in total. The van der Waals surface area contributed by atoms with Crippen LogP contribution in [0.5, 0.6) is 0 Å². The molecular formula is C14H17N3O3. The average Bonchev–Trinajstić information content (AvgIpc) is 3.01. The molecule has 20 heavy (non-hydrogen) atoms. The molecule has 2 aliphatic rings. The molecule has 3 rings (SSSR count). The summed E-state index contributed by atoms with van der Waals surface area (Å²) in [6, 6.07) is 5.96. The first kappa shape index (κ1) is 12.8. The van der Waals surface area contributed by atoms with Crippen LogP contribution in [0.2, 0.25) is 0 Å². The number of carbonyl (C=O) groups is 2. The molecule has 6 nitrogen and oxygen atoms in total. The summed E-state index contributed by atoms with van der Waals surface area (Å²) in [5.74, 6) is -0.124. The summed E-state index contributed by atoms with van der Waals surface area (Å²) in [6.45, 7) is 3.19. The molecule has 0 bridgehead atoms. The maximum Gasteiger partial charge on any atom is 0.414 e. The first-order valence-electron chi connectivity index (χ1n) is 6.73. The summed E-state index contributed by atoms with van der Waals surface area (Å²) in [7, 11) is 0. The normalized spacial score (nSPS) is 20.4. The largest absolute Gasteiger partial charge is 0.442 e. The number of carbonyl (C=O) groups excluding carboxylic acids is 2. The van der Waals surface area contributed by atoms with Crippen molar-refractivity contribution in [3.8, 4) is 0 Å². The molecule has 2 heterocycles. The second-order valence-corrected chi connectivity index (χ2v) is 5.07. The monoisotopic (exact) mass is 275 g/mol. The number of amides is 2. The Morgan fingerprint density at radius 2 is 2.40 bits per heavy atom. The van der Waals surface area contributed by atoms with Gasteiger partial charge in [-0.25, -0.2) is 4.79 Å². The van der Waals surface area contributed by atoms with Crippen LogP contribution in [0.1, 0.15) is 12.5 Å². The van der Waals surface area contributed by atoms with Gasteiger partial charge >= 0.3 is 6.09 Å². The van der Waals surface area contributed by atoms with Gasteiger partial charge in [0, 0.05) is 24.8 Å². The van der Waals surface area contributed by atoms with Gasteiger partial charge in [0.2, 0.25) is 5.91 Å². The molecule has 106 valence electrons. The van der Waals surface area contributed by atoms with E-state index in [1.54, 1.807) is 4.90 Å². The minimum absolute atomic E-state index is 0.124. The number of hydrogen-bond acceptors (Lipinski definition) is 4. The van der Waals surface area contributed by atoms with Crippen molar-refractivity contribution in [3.05, 3.63) is 23.8 Å². The number of rotatable bonds is 3. The van der Waals surface area contributed by atoms with Crippen molar-refractivity contribution < 1.29 is 14.3 Å². The van der Waals surface area contributed by atoms with E-state index in [1.165, 1.54) is 12.5 Å². The molecule has 1 aromatic carbocycles. The third-order valence-electron chi connectivity index (χ3n) is 3.57. The van der Waals surface area contributed by atoms with Gasteiger partial charge in [-0.15, -0.1) is 0 Å². The summed E-state index contributed by atoms with van der Waals surface area (Å²) in [6.07, 6.45) is 0.358. The minimum Gasteiger partial charge on any atom is -0.442 e. The fourth-order valence-electron chi connectivity index (χ4n) is 2.54. The molecule has 0 unspecified atom stereocenters. The summed E-state index contributed by atoms with van der Waals surface area (Å²) >= 11 is 0. The number of nitrogens with zero attached hydrogens (tertiary/aromatic N) is 1. The van der Waals surface area contributed by atoms with Crippen LogP contribution >= 0.6 is 0 Å². The first-order chi connectivity index (χ1) is 9.63. The standard InChI is InChI=1S/C14H17N3O3/c1-9(18)16-7-12-8-17(14(19)20-12)11-3-2-10-4-5-15-13(10)6-11/h2-3,6,12,15H,4-5,7-8H2,1H3,(H,16,18)/t12-/m1/s1. The second kappa shape index (κ2) is 5.03. The van der Waals surface area contributed by atoms with Gasteiger partial charge in [-0.3, -0.25) is 9.69 Å². The van der Waals surface area contributed by atoms with Gasteiger partial charge in [-0.05, 0) is 24.1 Å². The van der Waals surface area contributed by atoms with Crippen molar-refractivity contribution in [2.75, 3.05) is 29.9 Å². The Morgan fingerprint density at radius 3 is 3.20 bits per heavy atom. The Hall–Kier alpha value is -2.24. The molecule has 1 atom stereocenters. The number of cyclic esters (lactones) is 1. The van der Waals surface area contributed by atoms with Gasteiger partial charge < -0.3 is 15.4 Å². The molecular weight excluding hydrogens is 258 g/mol. The number of nitrogens with one attached hydrogen (secondary N) is 2. The topological polar surface area (TPSA) is 70.7 Å². The number of benzene rings is 1. The third-order valence-corrected chi connectivity index (χ3v) is 3.57. The summed E-state index contributed by atoms with van der Waals surface area (Å²) in [5.41, 5.74) is 3.19. The Kier molecular flexibility index (Phi) is 3.22. The van der Waals surface area contributed by atoms with E-state index in [0.717, 1.165) is 24.3 Å². The van der Waals surface area contributed by atoms with E-state index in [9.17, 15) is 9.59 Å². The highest BCUT2D eigenvalue weighted by atomic mass is 16.6. The van der Waals surface area contributed by atoms with Crippen molar-refractivity contribution in [1.82, 2.24) is 5.32 Å². The predicted octanol–water partition coefficient (Wildman–Crippen LogP) is 1.12. The maximum absolute atomic E-state index is 11.9. The Labute approximate surface area is 117 Å². The summed E-state index contributed by atoms with van der Waals surface area (Å²) in [4.78, 5) is 24.4. The zero-order valence-electron chi connectivity index (χ0n) is 11.3. The molecule has 6 heteroatoms. The lowest BCUT2D eigenvalue weighted by Gasteiger charge is -2.14. The molecule has 0 aliphatic carbocycles. The Morgan fingerprint density at radius 1 is 1.55 bits per heavy atom. The summed E-state index contributed by atoms with van der Waals surface area (Å²) in [5, 5.41) is 5.96. The maximum atomic E-state index is 11.9. The van der Waals surface area contributed by atoms with E-state index >= 15 is 0 Å². The molecule has 0 radical (unpaired) electrons. The van der Waals surface area contributed by atoms with Gasteiger partial charge in [0.15, 0.2) is 0 Å². The van der Waals surface area contributed by atoms with Gasteiger partial charge in [0.05, 0.1) is 13.1 Å². The van der Waals surface area contributed by atoms with Crippen molar-refractivity contribution in [2.24, 2.45) is 0 Å². The van der Waals surface area contributed by atoms with Crippen molar-refractivity contribution in [1.29, 1.82) is 0 Å². The molecule has 1 aromatic rings. The highest BCUT2D eigenvalue weighted by molar-refractivity contribution is 5.90. The van der Waals surface area contributed by atoms with E-state index in [2.05, 4.69) is 10.6 Å². The highest BCUT2D eigenvalue weighted by Crippen LogP contribution is 2.29. The van der Waals surface area contributed by atoms with Gasteiger partial charge in [-0.2, -0.15) is 0 Å². The molecule has 0 saturated carbocycles. The number of ether oxygens (including phenoxy) is 1. The Bertz CT molecular complexity index is 559.